The van der Waals surface area contributed by atoms with Gasteiger partial charge in [0.2, 0.25) is 0 Å². The summed E-state index contributed by atoms with van der Waals surface area (Å²) in [6, 6.07) is 3.36. The first-order valence-corrected chi connectivity index (χ1v) is 9.56. The molecule has 8 nitrogen and oxygen atoms in total. The van der Waals surface area contributed by atoms with Gasteiger partial charge in [-0.1, -0.05) is 11.6 Å². The van der Waals surface area contributed by atoms with Gasteiger partial charge >= 0.3 is 5.97 Å². The van der Waals surface area contributed by atoms with E-state index in [0.717, 1.165) is 17.8 Å². The van der Waals surface area contributed by atoms with E-state index < -0.39 is 11.9 Å². The molecule has 1 aromatic carbocycles. The quantitative estimate of drug-likeness (QED) is 0.312. The van der Waals surface area contributed by atoms with Crippen molar-refractivity contribution in [1.29, 1.82) is 0 Å². The van der Waals surface area contributed by atoms with E-state index in [0.29, 0.717) is 28.7 Å². The number of thioether (sulfide) groups is 1. The number of ether oxygens (including phenoxy) is 3. The second kappa shape index (κ2) is 10.1. The zero-order valence-corrected chi connectivity index (χ0v) is 17.4. The first-order valence-electron chi connectivity index (χ1n) is 8.36. The van der Waals surface area contributed by atoms with Crippen LogP contribution in [0.2, 0.25) is 5.02 Å². The molecule has 0 aromatic heterocycles. The molecular formula is C18H20ClN3O5S. The van der Waals surface area contributed by atoms with Crippen LogP contribution in [0, 0.1) is 0 Å². The Bertz CT molecular complexity index is 852. The molecule has 1 aliphatic heterocycles. The molecule has 0 radical (unpaired) electrons. The van der Waals surface area contributed by atoms with Crippen LogP contribution in [0.4, 0.5) is 0 Å². The molecule has 0 bridgehead atoms. The van der Waals surface area contributed by atoms with Crippen LogP contribution < -0.4 is 14.8 Å². The third-order valence-corrected chi connectivity index (χ3v) is 4.40. The molecular weight excluding hydrogens is 406 g/mol. The standard InChI is InChI=1S/C18H20ClN3O5S/c1-5-26-13-6-11(12(19)7-14(13)27-10(2)3)9-20-22-18-21-17(24)15(28-18)8-16(23)25-4/h6-10H,5H2,1-4H3,(H,21,22,24)/b15-8+,20-9?. The number of carbonyl (C=O) groups excluding carboxylic acids is 2. The molecule has 0 unspecified atom stereocenters. The van der Waals surface area contributed by atoms with Crippen molar-refractivity contribution >= 4 is 46.6 Å². The Kier molecular flexibility index (Phi) is 7.89. The first-order chi connectivity index (χ1) is 13.3. The van der Waals surface area contributed by atoms with E-state index in [2.05, 4.69) is 20.3 Å². The molecule has 1 aromatic rings. The molecule has 1 saturated heterocycles. The summed E-state index contributed by atoms with van der Waals surface area (Å²) in [7, 11) is 1.23. The Morgan fingerprint density at radius 3 is 2.75 bits per heavy atom. The SMILES string of the molecule is CCOc1cc(C=N/N=C2/NC(=O)/C(=C\C(=O)OC)S2)c(Cl)cc1OC(C)C. The number of hydrogen-bond acceptors (Lipinski definition) is 8. The molecule has 1 amide bonds. The molecule has 0 saturated carbocycles. The number of benzene rings is 1. The summed E-state index contributed by atoms with van der Waals surface area (Å²) in [5.74, 6) is 0.0144. The zero-order chi connectivity index (χ0) is 20.7. The fourth-order valence-electron chi connectivity index (χ4n) is 2.05. The Hall–Kier alpha value is -2.52. The van der Waals surface area contributed by atoms with Crippen molar-refractivity contribution in [2.75, 3.05) is 13.7 Å². The van der Waals surface area contributed by atoms with Crippen LogP contribution in [0.5, 0.6) is 11.5 Å². The van der Waals surface area contributed by atoms with Gasteiger partial charge in [0.25, 0.3) is 5.91 Å². The highest BCUT2D eigenvalue weighted by Crippen LogP contribution is 2.33. The average Bonchev–Trinajstić information content (AvgIpc) is 2.97. The first kappa shape index (κ1) is 21.8. The lowest BCUT2D eigenvalue weighted by molar-refractivity contribution is -0.135. The zero-order valence-electron chi connectivity index (χ0n) is 15.8. The largest absolute Gasteiger partial charge is 0.490 e. The summed E-state index contributed by atoms with van der Waals surface area (Å²) in [5, 5.41) is 11.0. The second-order valence-corrected chi connectivity index (χ2v) is 7.10. The lowest BCUT2D eigenvalue weighted by atomic mass is 10.2. The number of nitrogens with one attached hydrogen (secondary N) is 1. The van der Waals surface area contributed by atoms with Crippen LogP contribution in [0.25, 0.3) is 0 Å². The molecule has 0 atom stereocenters. The van der Waals surface area contributed by atoms with Crippen LogP contribution >= 0.6 is 23.4 Å². The molecule has 28 heavy (non-hydrogen) atoms. The average molecular weight is 426 g/mol. The number of carbonyl (C=O) groups is 2. The summed E-state index contributed by atoms with van der Waals surface area (Å²) in [6.07, 6.45) is 2.49. The van der Waals surface area contributed by atoms with Crippen LogP contribution in [0.3, 0.4) is 0 Å². The van der Waals surface area contributed by atoms with Gasteiger partial charge in [0.05, 0.1) is 36.0 Å². The highest BCUT2D eigenvalue weighted by Gasteiger charge is 2.25. The molecule has 0 spiro atoms. The minimum absolute atomic E-state index is 0.0311. The molecule has 1 heterocycles. The van der Waals surface area contributed by atoms with Crippen molar-refractivity contribution in [2.24, 2.45) is 10.2 Å². The summed E-state index contributed by atoms with van der Waals surface area (Å²) in [4.78, 5) is 23.2. The van der Waals surface area contributed by atoms with E-state index in [-0.39, 0.29) is 16.2 Å². The Labute approximate surface area is 172 Å². The normalized spacial score (nSPS) is 16.9. The summed E-state index contributed by atoms with van der Waals surface area (Å²) in [6.45, 7) is 6.15. The lowest BCUT2D eigenvalue weighted by Crippen LogP contribution is -2.19. The smallest absolute Gasteiger partial charge is 0.331 e. The second-order valence-electron chi connectivity index (χ2n) is 5.66. The highest BCUT2D eigenvalue weighted by molar-refractivity contribution is 8.18. The Morgan fingerprint density at radius 2 is 2.11 bits per heavy atom. The van der Waals surface area contributed by atoms with Gasteiger partial charge in [-0.15, -0.1) is 5.10 Å². The van der Waals surface area contributed by atoms with E-state index in [1.54, 1.807) is 12.1 Å². The van der Waals surface area contributed by atoms with E-state index in [1.165, 1.54) is 13.3 Å². The van der Waals surface area contributed by atoms with Crippen molar-refractivity contribution in [3.8, 4) is 11.5 Å². The topological polar surface area (TPSA) is 98.6 Å². The fraction of sp³-hybridized carbons (Fsp3) is 0.333. The van der Waals surface area contributed by atoms with Crippen LogP contribution in [0.15, 0.2) is 33.3 Å². The van der Waals surface area contributed by atoms with Gasteiger partial charge in [-0.2, -0.15) is 5.10 Å². The maximum atomic E-state index is 11.8. The highest BCUT2D eigenvalue weighted by atomic mass is 35.5. The number of amidine groups is 1. The van der Waals surface area contributed by atoms with Gasteiger partial charge in [-0.25, -0.2) is 4.79 Å². The summed E-state index contributed by atoms with van der Waals surface area (Å²) >= 11 is 7.27. The number of hydrogen-bond donors (Lipinski definition) is 1. The van der Waals surface area contributed by atoms with Crippen LogP contribution in [0.1, 0.15) is 26.3 Å². The van der Waals surface area contributed by atoms with Crippen molar-refractivity contribution in [3.63, 3.8) is 0 Å². The fourth-order valence-corrected chi connectivity index (χ4v) is 2.99. The van der Waals surface area contributed by atoms with Crippen molar-refractivity contribution in [2.45, 2.75) is 26.9 Å². The Balaban J connectivity index is 2.19. The van der Waals surface area contributed by atoms with Crippen molar-refractivity contribution in [1.82, 2.24) is 5.32 Å². The van der Waals surface area contributed by atoms with Gasteiger partial charge in [-0.3, -0.25) is 10.1 Å². The van der Waals surface area contributed by atoms with E-state index in [9.17, 15) is 9.59 Å². The molecule has 1 N–H and O–H groups in total. The molecule has 0 aliphatic carbocycles. The van der Waals surface area contributed by atoms with E-state index in [4.69, 9.17) is 21.1 Å². The lowest BCUT2D eigenvalue weighted by Gasteiger charge is -2.15. The summed E-state index contributed by atoms with van der Waals surface area (Å²) in [5.41, 5.74) is 0.574. The van der Waals surface area contributed by atoms with E-state index >= 15 is 0 Å². The third-order valence-electron chi connectivity index (χ3n) is 3.17. The maximum absolute atomic E-state index is 11.8. The summed E-state index contributed by atoms with van der Waals surface area (Å²) < 4.78 is 15.8. The van der Waals surface area contributed by atoms with Crippen molar-refractivity contribution < 1.29 is 23.8 Å². The van der Waals surface area contributed by atoms with Crippen LogP contribution in [-0.2, 0) is 14.3 Å². The maximum Gasteiger partial charge on any atom is 0.331 e. The number of halogens is 1. The Morgan fingerprint density at radius 1 is 1.36 bits per heavy atom. The number of methoxy groups -OCH3 is 1. The van der Waals surface area contributed by atoms with Crippen molar-refractivity contribution in [3.05, 3.63) is 33.7 Å². The number of nitrogens with zero attached hydrogens (tertiary/aromatic N) is 2. The molecule has 1 fully saturated rings. The van der Waals surface area contributed by atoms with Gasteiger partial charge in [-0.05, 0) is 38.6 Å². The molecule has 1 aliphatic rings. The third kappa shape index (κ3) is 6.00. The number of esters is 1. The monoisotopic (exact) mass is 425 g/mol. The van der Waals surface area contributed by atoms with Gasteiger partial charge in [0, 0.05) is 17.7 Å². The predicted octanol–water partition coefficient (Wildman–Crippen LogP) is 3.14. The van der Waals surface area contributed by atoms with Gasteiger partial charge in [0.1, 0.15) is 0 Å². The number of rotatable bonds is 7. The molecule has 2 rings (SSSR count). The van der Waals surface area contributed by atoms with Gasteiger partial charge in [0.15, 0.2) is 16.7 Å². The molecule has 150 valence electrons. The predicted molar refractivity (Wildman–Crippen MR) is 109 cm³/mol. The molecule has 10 heteroatoms. The minimum Gasteiger partial charge on any atom is -0.490 e. The number of amides is 1. The van der Waals surface area contributed by atoms with Gasteiger partial charge < -0.3 is 14.2 Å². The van der Waals surface area contributed by atoms with Crippen LogP contribution in [-0.4, -0.2) is 43.1 Å². The minimum atomic E-state index is -0.624. The van der Waals surface area contributed by atoms with E-state index in [1.807, 2.05) is 20.8 Å².